The molecular formula is C13H15NO. The normalized spacial score (nSPS) is 11.6. The summed E-state index contributed by atoms with van der Waals surface area (Å²) in [4.78, 5) is 13.0. The monoisotopic (exact) mass is 201 g/mol. The number of carbonyl (C=O) groups excluding carboxylic acids is 1. The summed E-state index contributed by atoms with van der Waals surface area (Å²) in [6.45, 7) is 3.72. The predicted molar refractivity (Wildman–Crippen MR) is 63.3 cm³/mol. The van der Waals surface area contributed by atoms with Gasteiger partial charge in [-0.2, -0.15) is 0 Å². The van der Waals surface area contributed by atoms with Crippen molar-refractivity contribution in [2.75, 3.05) is 14.1 Å². The smallest absolute Gasteiger partial charge is 0.152 e. The van der Waals surface area contributed by atoms with Crippen molar-refractivity contribution < 1.29 is 4.79 Å². The molecule has 1 rings (SSSR count). The van der Waals surface area contributed by atoms with Gasteiger partial charge in [0.25, 0.3) is 0 Å². The number of nitrogens with zero attached hydrogens (tertiary/aromatic N) is 1. The topological polar surface area (TPSA) is 20.3 Å². The Labute approximate surface area is 90.5 Å². The third-order valence-electron chi connectivity index (χ3n) is 2.15. The van der Waals surface area contributed by atoms with Gasteiger partial charge in [0, 0.05) is 25.4 Å². The average Bonchev–Trinajstić information content (AvgIpc) is 2.26. The Morgan fingerprint density at radius 1 is 1.27 bits per heavy atom. The number of hydrogen-bond donors (Lipinski definition) is 0. The van der Waals surface area contributed by atoms with Crippen LogP contribution in [-0.2, 0) is 4.79 Å². The van der Waals surface area contributed by atoms with Crippen LogP contribution in [0.15, 0.2) is 48.7 Å². The summed E-state index contributed by atoms with van der Waals surface area (Å²) in [6.07, 6.45) is 2.56. The van der Waals surface area contributed by atoms with E-state index in [1.54, 1.807) is 6.08 Å². The Bertz CT molecular complexity index is 377. The molecule has 0 aromatic heterocycles. The van der Waals surface area contributed by atoms with Crippen LogP contribution >= 0.6 is 0 Å². The first-order valence-corrected chi connectivity index (χ1v) is 4.75. The highest BCUT2D eigenvalue weighted by Gasteiger charge is 2.06. The van der Waals surface area contributed by atoms with Crippen LogP contribution in [0.5, 0.6) is 0 Å². The number of aldehydes is 1. The molecule has 2 nitrogen and oxygen atoms in total. The number of likely N-dealkylation sites (N-methyl/N-ethyl adjacent to an activating group) is 1. The van der Waals surface area contributed by atoms with Crippen molar-refractivity contribution in [1.29, 1.82) is 0 Å². The van der Waals surface area contributed by atoms with Gasteiger partial charge in [0.15, 0.2) is 6.29 Å². The highest BCUT2D eigenvalue weighted by atomic mass is 16.1. The summed E-state index contributed by atoms with van der Waals surface area (Å²) in [5.41, 5.74) is 2.41. The highest BCUT2D eigenvalue weighted by molar-refractivity contribution is 6.08. The molecule has 0 spiro atoms. The molecule has 0 unspecified atom stereocenters. The quantitative estimate of drug-likeness (QED) is 0.423. The van der Waals surface area contributed by atoms with Crippen molar-refractivity contribution in [3.05, 3.63) is 54.2 Å². The van der Waals surface area contributed by atoms with E-state index in [9.17, 15) is 4.79 Å². The first kappa shape index (κ1) is 11.2. The number of rotatable bonds is 4. The molecule has 2 heteroatoms. The maximum Gasteiger partial charge on any atom is 0.152 e. The lowest BCUT2D eigenvalue weighted by Crippen LogP contribution is -2.12. The second-order valence-corrected chi connectivity index (χ2v) is 3.38. The van der Waals surface area contributed by atoms with E-state index in [0.717, 1.165) is 17.5 Å². The van der Waals surface area contributed by atoms with Gasteiger partial charge in [-0.05, 0) is 11.6 Å². The minimum absolute atomic E-state index is 0.663. The lowest BCUT2D eigenvalue weighted by atomic mass is 10.0. The summed E-state index contributed by atoms with van der Waals surface area (Å²) >= 11 is 0. The predicted octanol–water partition coefficient (Wildman–Crippen LogP) is 2.34. The molecule has 1 aromatic rings. The van der Waals surface area contributed by atoms with Gasteiger partial charge in [-0.15, -0.1) is 0 Å². The van der Waals surface area contributed by atoms with E-state index in [-0.39, 0.29) is 0 Å². The zero-order chi connectivity index (χ0) is 11.3. The maximum absolute atomic E-state index is 11.1. The van der Waals surface area contributed by atoms with E-state index >= 15 is 0 Å². The lowest BCUT2D eigenvalue weighted by molar-refractivity contribution is -0.103. The molecule has 0 bridgehead atoms. The van der Waals surface area contributed by atoms with Crippen LogP contribution in [-0.4, -0.2) is 25.3 Å². The van der Waals surface area contributed by atoms with Crippen molar-refractivity contribution >= 4 is 11.9 Å². The molecule has 78 valence electrons. The highest BCUT2D eigenvalue weighted by Crippen LogP contribution is 2.18. The molecule has 0 fully saturated rings. The molecule has 0 radical (unpaired) electrons. The Kier molecular flexibility index (Phi) is 3.86. The Balaban J connectivity index is 3.29. The van der Waals surface area contributed by atoms with E-state index in [1.165, 1.54) is 0 Å². The van der Waals surface area contributed by atoms with Crippen LogP contribution < -0.4 is 0 Å². The lowest BCUT2D eigenvalue weighted by Gasteiger charge is -2.16. The zero-order valence-corrected chi connectivity index (χ0v) is 9.10. The van der Waals surface area contributed by atoms with Crippen LogP contribution in [0.25, 0.3) is 5.57 Å². The van der Waals surface area contributed by atoms with Gasteiger partial charge in [0.2, 0.25) is 0 Å². The minimum Gasteiger partial charge on any atom is -0.377 e. The summed E-state index contributed by atoms with van der Waals surface area (Å²) in [6, 6.07) is 9.58. The largest absolute Gasteiger partial charge is 0.377 e. The van der Waals surface area contributed by atoms with Crippen molar-refractivity contribution in [3.63, 3.8) is 0 Å². The average molecular weight is 201 g/mol. The molecular weight excluding hydrogens is 186 g/mol. The standard InChI is InChI=1S/C13H15NO/c1-4-13(14(2)3)12(10-15)11-8-6-5-7-9-11/h4-10H,1H2,2-3H3. The first-order valence-electron chi connectivity index (χ1n) is 4.75. The van der Waals surface area contributed by atoms with Crippen LogP contribution in [0.4, 0.5) is 0 Å². The Morgan fingerprint density at radius 3 is 2.27 bits per heavy atom. The number of hydrogen-bond acceptors (Lipinski definition) is 2. The van der Waals surface area contributed by atoms with Gasteiger partial charge in [-0.25, -0.2) is 0 Å². The molecule has 0 heterocycles. The SMILES string of the molecule is C=CC(=C(C=O)c1ccccc1)N(C)C. The van der Waals surface area contributed by atoms with Crippen molar-refractivity contribution in [1.82, 2.24) is 4.90 Å². The summed E-state index contributed by atoms with van der Waals surface area (Å²) in [5, 5.41) is 0. The van der Waals surface area contributed by atoms with Crippen LogP contribution in [0.1, 0.15) is 5.56 Å². The molecule has 15 heavy (non-hydrogen) atoms. The Morgan fingerprint density at radius 2 is 1.87 bits per heavy atom. The molecule has 0 amide bonds. The molecule has 0 aliphatic rings. The van der Waals surface area contributed by atoms with E-state index < -0.39 is 0 Å². The molecule has 0 aliphatic heterocycles. The van der Waals surface area contributed by atoms with Crippen LogP contribution in [0, 0.1) is 0 Å². The fourth-order valence-electron chi connectivity index (χ4n) is 1.43. The van der Waals surface area contributed by atoms with E-state index in [2.05, 4.69) is 6.58 Å². The van der Waals surface area contributed by atoms with Crippen molar-refractivity contribution in [2.45, 2.75) is 0 Å². The van der Waals surface area contributed by atoms with E-state index in [0.29, 0.717) is 5.57 Å². The molecule has 0 N–H and O–H groups in total. The van der Waals surface area contributed by atoms with E-state index in [1.807, 2.05) is 49.3 Å². The van der Waals surface area contributed by atoms with Gasteiger partial charge >= 0.3 is 0 Å². The van der Waals surface area contributed by atoms with Gasteiger partial charge in [-0.3, -0.25) is 4.79 Å². The first-order chi connectivity index (χ1) is 7.20. The molecule has 1 aromatic carbocycles. The number of allylic oxidation sites excluding steroid dienone is 2. The van der Waals surface area contributed by atoms with Gasteiger partial charge in [0.05, 0.1) is 0 Å². The maximum atomic E-state index is 11.1. The number of carbonyl (C=O) groups is 1. The molecule has 0 atom stereocenters. The molecule has 0 saturated heterocycles. The van der Waals surface area contributed by atoms with Crippen molar-refractivity contribution in [3.8, 4) is 0 Å². The fraction of sp³-hybridized carbons (Fsp3) is 0.154. The fourth-order valence-corrected chi connectivity index (χ4v) is 1.43. The zero-order valence-electron chi connectivity index (χ0n) is 9.10. The van der Waals surface area contributed by atoms with Gasteiger partial charge < -0.3 is 4.90 Å². The third kappa shape index (κ3) is 2.56. The second-order valence-electron chi connectivity index (χ2n) is 3.38. The summed E-state index contributed by atoms with van der Waals surface area (Å²) in [7, 11) is 3.78. The van der Waals surface area contributed by atoms with Crippen LogP contribution in [0.2, 0.25) is 0 Å². The van der Waals surface area contributed by atoms with E-state index in [4.69, 9.17) is 0 Å². The second kappa shape index (κ2) is 5.15. The minimum atomic E-state index is 0.663. The van der Waals surface area contributed by atoms with Gasteiger partial charge in [-0.1, -0.05) is 36.9 Å². The molecule has 0 saturated carbocycles. The van der Waals surface area contributed by atoms with Gasteiger partial charge in [0.1, 0.15) is 0 Å². The third-order valence-corrected chi connectivity index (χ3v) is 2.15. The van der Waals surface area contributed by atoms with Crippen molar-refractivity contribution in [2.24, 2.45) is 0 Å². The summed E-state index contributed by atoms with van der Waals surface area (Å²) in [5.74, 6) is 0. The molecule has 0 aliphatic carbocycles. The summed E-state index contributed by atoms with van der Waals surface area (Å²) < 4.78 is 0. The van der Waals surface area contributed by atoms with Crippen LogP contribution in [0.3, 0.4) is 0 Å². The number of benzene rings is 1. The Hall–Kier alpha value is -1.83.